The highest BCUT2D eigenvalue weighted by Crippen LogP contribution is 2.29. The van der Waals surface area contributed by atoms with E-state index in [1.165, 1.54) is 16.0 Å². The first-order valence-electron chi connectivity index (χ1n) is 6.84. The largest absolute Gasteiger partial charge is 0.409 e. The molecule has 0 aliphatic rings. The first kappa shape index (κ1) is 15.4. The van der Waals surface area contributed by atoms with Gasteiger partial charge >= 0.3 is 0 Å². The maximum Gasteiger partial charge on any atom is 0.147 e. The van der Waals surface area contributed by atoms with Crippen molar-refractivity contribution in [2.45, 2.75) is 24.7 Å². The summed E-state index contributed by atoms with van der Waals surface area (Å²) in [5.74, 6) is 0.893. The second-order valence-corrected chi connectivity index (χ2v) is 6.13. The second kappa shape index (κ2) is 7.18. The molecule has 110 valence electrons. The molecule has 1 atom stereocenters. The van der Waals surface area contributed by atoms with Gasteiger partial charge in [0.2, 0.25) is 0 Å². The molecule has 0 heterocycles. The fraction of sp³-hybridized carbons (Fsp3) is 0.235. The van der Waals surface area contributed by atoms with E-state index in [-0.39, 0.29) is 11.8 Å². The van der Waals surface area contributed by atoms with E-state index in [0.717, 1.165) is 11.3 Å². The Labute approximate surface area is 129 Å². The second-order valence-electron chi connectivity index (χ2n) is 5.07. The number of nitrogens with two attached hydrogens (primary N) is 1. The third-order valence-corrected chi connectivity index (χ3v) is 4.68. The smallest absolute Gasteiger partial charge is 0.147 e. The molecule has 0 fully saturated rings. The van der Waals surface area contributed by atoms with Crippen LogP contribution < -0.4 is 5.73 Å². The molecular formula is C17H20N2OS. The molecule has 4 heteroatoms. The Morgan fingerprint density at radius 1 is 1.19 bits per heavy atom. The van der Waals surface area contributed by atoms with Gasteiger partial charge in [-0.25, -0.2) is 0 Å². The summed E-state index contributed by atoms with van der Waals surface area (Å²) in [5, 5.41) is 12.2. The molecule has 0 aromatic heterocycles. The number of amidine groups is 1. The first-order chi connectivity index (χ1) is 10.1. The molecule has 2 aromatic carbocycles. The Morgan fingerprint density at radius 2 is 1.90 bits per heavy atom. The van der Waals surface area contributed by atoms with Crippen LogP contribution in [-0.2, 0) is 0 Å². The monoisotopic (exact) mass is 300 g/mol. The van der Waals surface area contributed by atoms with Gasteiger partial charge in [0.1, 0.15) is 5.84 Å². The van der Waals surface area contributed by atoms with Crippen LogP contribution in [-0.4, -0.2) is 16.8 Å². The van der Waals surface area contributed by atoms with Gasteiger partial charge in [-0.2, -0.15) is 0 Å². The topological polar surface area (TPSA) is 58.6 Å². The van der Waals surface area contributed by atoms with Crippen molar-refractivity contribution in [3.05, 3.63) is 65.2 Å². The molecule has 0 aliphatic carbocycles. The number of benzene rings is 2. The summed E-state index contributed by atoms with van der Waals surface area (Å²) < 4.78 is 0. The van der Waals surface area contributed by atoms with Gasteiger partial charge in [-0.15, -0.1) is 11.8 Å². The predicted molar refractivity (Wildman–Crippen MR) is 89.2 cm³/mol. The van der Waals surface area contributed by atoms with Crippen LogP contribution in [0.3, 0.4) is 0 Å². The molecule has 2 aromatic rings. The van der Waals surface area contributed by atoms with Gasteiger partial charge in [0.05, 0.1) is 5.92 Å². The standard InChI is InChI=1S/C17H20N2OS/c1-12-8-9-16(13(2)10-12)21-11-15(17(18)19-20)14-6-4-3-5-7-14/h3-10,15,20H,11H2,1-2H3,(H2,18,19). The van der Waals surface area contributed by atoms with Crippen LogP contribution in [0.1, 0.15) is 22.6 Å². The van der Waals surface area contributed by atoms with E-state index in [9.17, 15) is 0 Å². The number of oxime groups is 1. The van der Waals surface area contributed by atoms with Crippen LogP contribution in [0.5, 0.6) is 0 Å². The summed E-state index contributed by atoms with van der Waals surface area (Å²) in [6, 6.07) is 16.3. The maximum absolute atomic E-state index is 9.01. The van der Waals surface area contributed by atoms with Crippen molar-refractivity contribution < 1.29 is 5.21 Å². The van der Waals surface area contributed by atoms with Gasteiger partial charge in [0.15, 0.2) is 0 Å². The van der Waals surface area contributed by atoms with Crippen molar-refractivity contribution in [2.75, 3.05) is 5.75 Å². The van der Waals surface area contributed by atoms with Gasteiger partial charge in [-0.3, -0.25) is 0 Å². The minimum atomic E-state index is -0.0955. The number of thioether (sulfide) groups is 1. The quantitative estimate of drug-likeness (QED) is 0.289. The van der Waals surface area contributed by atoms with E-state index in [1.54, 1.807) is 11.8 Å². The Balaban J connectivity index is 2.17. The summed E-state index contributed by atoms with van der Waals surface area (Å²) in [6.07, 6.45) is 0. The van der Waals surface area contributed by atoms with E-state index in [4.69, 9.17) is 10.9 Å². The average Bonchev–Trinajstić information content (AvgIpc) is 2.50. The lowest BCUT2D eigenvalue weighted by atomic mass is 10.0. The van der Waals surface area contributed by atoms with E-state index in [0.29, 0.717) is 0 Å². The molecule has 0 amide bonds. The summed E-state index contributed by atoms with van der Waals surface area (Å²) >= 11 is 1.73. The Morgan fingerprint density at radius 3 is 2.52 bits per heavy atom. The Bertz CT molecular complexity index is 626. The van der Waals surface area contributed by atoms with Crippen LogP contribution in [0.2, 0.25) is 0 Å². The molecular weight excluding hydrogens is 280 g/mol. The zero-order chi connectivity index (χ0) is 15.2. The van der Waals surface area contributed by atoms with Gasteiger partial charge in [0.25, 0.3) is 0 Å². The van der Waals surface area contributed by atoms with Gasteiger partial charge in [0, 0.05) is 10.6 Å². The van der Waals surface area contributed by atoms with Crippen LogP contribution >= 0.6 is 11.8 Å². The molecule has 3 N–H and O–H groups in total. The van der Waals surface area contributed by atoms with E-state index < -0.39 is 0 Å². The third-order valence-electron chi connectivity index (χ3n) is 3.41. The first-order valence-corrected chi connectivity index (χ1v) is 7.82. The van der Waals surface area contributed by atoms with Gasteiger partial charge in [-0.05, 0) is 31.0 Å². The summed E-state index contributed by atoms with van der Waals surface area (Å²) in [7, 11) is 0. The third kappa shape index (κ3) is 4.02. The van der Waals surface area contributed by atoms with Crippen LogP contribution in [0.25, 0.3) is 0 Å². The molecule has 21 heavy (non-hydrogen) atoms. The minimum Gasteiger partial charge on any atom is -0.409 e. The lowest BCUT2D eigenvalue weighted by molar-refractivity contribution is 0.316. The van der Waals surface area contributed by atoms with Crippen LogP contribution in [0.15, 0.2) is 58.6 Å². The summed E-state index contributed by atoms with van der Waals surface area (Å²) in [5.41, 5.74) is 9.44. The number of hydrogen-bond donors (Lipinski definition) is 2. The molecule has 3 nitrogen and oxygen atoms in total. The summed E-state index contributed by atoms with van der Waals surface area (Å²) in [6.45, 7) is 4.20. The zero-order valence-electron chi connectivity index (χ0n) is 12.3. The fourth-order valence-electron chi connectivity index (χ4n) is 2.24. The van der Waals surface area contributed by atoms with E-state index in [1.807, 2.05) is 30.3 Å². The molecule has 0 spiro atoms. The maximum atomic E-state index is 9.01. The van der Waals surface area contributed by atoms with E-state index >= 15 is 0 Å². The number of nitrogens with zero attached hydrogens (tertiary/aromatic N) is 1. The lowest BCUT2D eigenvalue weighted by Gasteiger charge is -2.16. The minimum absolute atomic E-state index is 0.0955. The fourth-order valence-corrected chi connectivity index (χ4v) is 3.40. The van der Waals surface area contributed by atoms with Crippen molar-refractivity contribution in [1.29, 1.82) is 0 Å². The van der Waals surface area contributed by atoms with Gasteiger partial charge < -0.3 is 10.9 Å². The molecule has 0 bridgehead atoms. The van der Waals surface area contributed by atoms with Crippen LogP contribution in [0, 0.1) is 13.8 Å². The number of hydrogen-bond acceptors (Lipinski definition) is 3. The molecule has 0 saturated carbocycles. The molecule has 0 saturated heterocycles. The highest BCUT2D eigenvalue weighted by atomic mass is 32.2. The molecule has 0 aliphatic heterocycles. The van der Waals surface area contributed by atoms with Crippen molar-refractivity contribution in [2.24, 2.45) is 10.9 Å². The normalized spacial score (nSPS) is 13.1. The highest BCUT2D eigenvalue weighted by molar-refractivity contribution is 7.99. The zero-order valence-corrected chi connectivity index (χ0v) is 13.1. The molecule has 1 unspecified atom stereocenters. The number of aryl methyl sites for hydroxylation is 2. The summed E-state index contributed by atoms with van der Waals surface area (Å²) in [4.78, 5) is 1.23. The van der Waals surface area contributed by atoms with E-state index in [2.05, 4.69) is 37.2 Å². The molecule has 2 rings (SSSR count). The van der Waals surface area contributed by atoms with Crippen molar-refractivity contribution in [3.8, 4) is 0 Å². The van der Waals surface area contributed by atoms with Crippen molar-refractivity contribution in [3.63, 3.8) is 0 Å². The predicted octanol–water partition coefficient (Wildman–Crippen LogP) is 3.93. The lowest BCUT2D eigenvalue weighted by Crippen LogP contribution is -2.23. The highest BCUT2D eigenvalue weighted by Gasteiger charge is 2.17. The molecule has 0 radical (unpaired) electrons. The van der Waals surface area contributed by atoms with Gasteiger partial charge in [-0.1, -0.05) is 53.2 Å². The van der Waals surface area contributed by atoms with Crippen molar-refractivity contribution >= 4 is 17.6 Å². The Kier molecular flexibility index (Phi) is 5.28. The van der Waals surface area contributed by atoms with Crippen molar-refractivity contribution in [1.82, 2.24) is 0 Å². The SMILES string of the molecule is Cc1ccc(SCC(C(N)=NO)c2ccccc2)c(C)c1. The average molecular weight is 300 g/mol. The van der Waals surface area contributed by atoms with Crippen LogP contribution in [0.4, 0.5) is 0 Å². The number of rotatable bonds is 5. The Hall–Kier alpha value is -1.94.